The number of nitrogens with zero attached hydrogens (tertiary/aromatic N) is 6. The van der Waals surface area contributed by atoms with Crippen LogP contribution in [0.15, 0.2) is 29.3 Å². The van der Waals surface area contributed by atoms with Crippen molar-refractivity contribution in [1.29, 1.82) is 0 Å². The van der Waals surface area contributed by atoms with E-state index in [0.29, 0.717) is 6.54 Å². The van der Waals surface area contributed by atoms with Crippen molar-refractivity contribution in [3.05, 3.63) is 46.4 Å². The van der Waals surface area contributed by atoms with E-state index in [1.807, 2.05) is 0 Å². The Balaban J connectivity index is 1.26. The van der Waals surface area contributed by atoms with E-state index in [9.17, 15) is 4.79 Å². The molecular formula is C18H26N6O. The van der Waals surface area contributed by atoms with Crippen LogP contribution in [-0.2, 0) is 26.1 Å². The highest BCUT2D eigenvalue weighted by molar-refractivity contribution is 5.08. The minimum Gasteiger partial charge on any atom is -0.331 e. The highest BCUT2D eigenvalue weighted by Gasteiger charge is 2.20. The van der Waals surface area contributed by atoms with Crippen LogP contribution in [0.1, 0.15) is 24.4 Å². The third kappa shape index (κ3) is 3.82. The molecule has 4 rings (SSSR count). The van der Waals surface area contributed by atoms with E-state index in [1.165, 1.54) is 30.8 Å². The Morgan fingerprint density at radius 3 is 2.68 bits per heavy atom. The van der Waals surface area contributed by atoms with E-state index >= 15 is 0 Å². The van der Waals surface area contributed by atoms with E-state index in [2.05, 4.69) is 30.6 Å². The summed E-state index contributed by atoms with van der Waals surface area (Å²) >= 11 is 0. The Labute approximate surface area is 147 Å². The molecule has 2 aromatic rings. The zero-order valence-corrected chi connectivity index (χ0v) is 14.7. The smallest absolute Gasteiger partial charge is 0.266 e. The molecule has 7 nitrogen and oxygen atoms in total. The summed E-state index contributed by atoms with van der Waals surface area (Å²) in [6.07, 6.45) is 7.48. The van der Waals surface area contributed by atoms with E-state index in [4.69, 9.17) is 0 Å². The highest BCUT2D eigenvalue weighted by atomic mass is 16.1. The fraction of sp³-hybridized carbons (Fsp3) is 0.611. The normalized spacial score (nSPS) is 19.0. The lowest BCUT2D eigenvalue weighted by atomic mass is 10.1. The molecule has 0 aromatic carbocycles. The quantitative estimate of drug-likeness (QED) is 0.796. The van der Waals surface area contributed by atoms with Gasteiger partial charge in [-0.05, 0) is 25.3 Å². The minimum absolute atomic E-state index is 0.0229. The first-order chi connectivity index (χ1) is 12.3. The van der Waals surface area contributed by atoms with Gasteiger partial charge in [-0.2, -0.15) is 5.10 Å². The van der Waals surface area contributed by atoms with E-state index in [0.717, 1.165) is 45.8 Å². The standard InChI is InChI=1S/C18H26N6O/c25-18-5-3-6-20-24(18)13-12-21-8-10-22(11-9-21)15-17-19-14-16-4-1-2-7-23(16)17/h3,5-6,14H,1-2,4,7-13,15H2. The van der Waals surface area contributed by atoms with Crippen LogP contribution in [0.4, 0.5) is 0 Å². The van der Waals surface area contributed by atoms with Crippen LogP contribution in [0.3, 0.4) is 0 Å². The number of aromatic nitrogens is 4. The Bertz CT molecular complexity index is 759. The van der Waals surface area contributed by atoms with Gasteiger partial charge in [0.25, 0.3) is 5.56 Å². The van der Waals surface area contributed by atoms with Gasteiger partial charge >= 0.3 is 0 Å². The molecule has 1 saturated heterocycles. The van der Waals surface area contributed by atoms with Crippen molar-refractivity contribution in [3.63, 3.8) is 0 Å². The lowest BCUT2D eigenvalue weighted by Gasteiger charge is -2.34. The van der Waals surface area contributed by atoms with Crippen molar-refractivity contribution in [2.75, 3.05) is 32.7 Å². The number of hydrogen-bond donors (Lipinski definition) is 0. The average Bonchev–Trinajstić information content (AvgIpc) is 3.05. The van der Waals surface area contributed by atoms with Crippen LogP contribution in [-0.4, -0.2) is 61.9 Å². The van der Waals surface area contributed by atoms with Crippen molar-refractivity contribution < 1.29 is 0 Å². The Kier molecular flexibility index (Phi) is 4.94. The number of imidazole rings is 1. The lowest BCUT2D eigenvalue weighted by molar-refractivity contribution is 0.119. The second-order valence-electron chi connectivity index (χ2n) is 6.98. The van der Waals surface area contributed by atoms with Crippen molar-refractivity contribution in [2.45, 2.75) is 38.9 Å². The fourth-order valence-electron chi connectivity index (χ4n) is 3.79. The topological polar surface area (TPSA) is 59.2 Å². The zero-order valence-electron chi connectivity index (χ0n) is 14.7. The van der Waals surface area contributed by atoms with Crippen LogP contribution < -0.4 is 5.56 Å². The molecular weight excluding hydrogens is 316 g/mol. The molecule has 134 valence electrons. The van der Waals surface area contributed by atoms with Crippen LogP contribution in [0.5, 0.6) is 0 Å². The van der Waals surface area contributed by atoms with Gasteiger partial charge in [-0.15, -0.1) is 0 Å². The minimum atomic E-state index is -0.0229. The van der Waals surface area contributed by atoms with Gasteiger partial charge in [0, 0.05) is 63.4 Å². The summed E-state index contributed by atoms with van der Waals surface area (Å²) in [5.41, 5.74) is 1.38. The van der Waals surface area contributed by atoms with Crippen LogP contribution in [0.25, 0.3) is 0 Å². The van der Waals surface area contributed by atoms with E-state index in [-0.39, 0.29) is 5.56 Å². The average molecular weight is 342 g/mol. The second kappa shape index (κ2) is 7.49. The molecule has 2 aromatic heterocycles. The molecule has 0 aliphatic carbocycles. The summed E-state index contributed by atoms with van der Waals surface area (Å²) in [7, 11) is 0. The first kappa shape index (κ1) is 16.5. The van der Waals surface area contributed by atoms with Gasteiger partial charge in [-0.1, -0.05) is 0 Å². The maximum atomic E-state index is 11.7. The molecule has 7 heteroatoms. The molecule has 0 atom stereocenters. The fourth-order valence-corrected chi connectivity index (χ4v) is 3.79. The van der Waals surface area contributed by atoms with Crippen molar-refractivity contribution in [1.82, 2.24) is 29.1 Å². The van der Waals surface area contributed by atoms with E-state index < -0.39 is 0 Å². The number of aryl methyl sites for hydroxylation is 1. The number of hydrogen-bond acceptors (Lipinski definition) is 5. The monoisotopic (exact) mass is 342 g/mol. The third-order valence-electron chi connectivity index (χ3n) is 5.33. The zero-order chi connectivity index (χ0) is 17.1. The van der Waals surface area contributed by atoms with Crippen molar-refractivity contribution in [2.24, 2.45) is 0 Å². The predicted octanol–water partition coefficient (Wildman–Crippen LogP) is 0.594. The van der Waals surface area contributed by atoms with Gasteiger partial charge in [-0.25, -0.2) is 9.67 Å². The molecule has 0 N–H and O–H groups in total. The van der Waals surface area contributed by atoms with Crippen molar-refractivity contribution in [3.8, 4) is 0 Å². The summed E-state index contributed by atoms with van der Waals surface area (Å²) in [6, 6.07) is 3.25. The first-order valence-corrected chi connectivity index (χ1v) is 9.30. The predicted molar refractivity (Wildman–Crippen MR) is 95.4 cm³/mol. The number of fused-ring (bicyclic) bond motifs is 1. The number of rotatable bonds is 5. The van der Waals surface area contributed by atoms with E-state index in [1.54, 1.807) is 23.0 Å². The molecule has 0 amide bonds. The summed E-state index contributed by atoms with van der Waals surface area (Å²) in [4.78, 5) is 21.3. The molecule has 0 unspecified atom stereocenters. The van der Waals surface area contributed by atoms with Gasteiger partial charge in [0.15, 0.2) is 0 Å². The molecule has 2 aliphatic heterocycles. The molecule has 4 heterocycles. The van der Waals surface area contributed by atoms with Gasteiger partial charge in [0.2, 0.25) is 0 Å². The summed E-state index contributed by atoms with van der Waals surface area (Å²) < 4.78 is 3.96. The van der Waals surface area contributed by atoms with Crippen LogP contribution >= 0.6 is 0 Å². The molecule has 0 spiro atoms. The second-order valence-corrected chi connectivity index (χ2v) is 6.98. The van der Waals surface area contributed by atoms with Gasteiger partial charge in [0.1, 0.15) is 5.82 Å². The Morgan fingerprint density at radius 2 is 1.84 bits per heavy atom. The van der Waals surface area contributed by atoms with Crippen molar-refractivity contribution >= 4 is 0 Å². The first-order valence-electron chi connectivity index (χ1n) is 9.30. The van der Waals surface area contributed by atoms with Gasteiger partial charge < -0.3 is 4.57 Å². The molecule has 1 fully saturated rings. The SMILES string of the molecule is O=c1cccnn1CCN1CCN(Cc2ncc3n2CCCC3)CC1. The maximum absolute atomic E-state index is 11.7. The summed E-state index contributed by atoms with van der Waals surface area (Å²) in [5, 5.41) is 4.12. The Morgan fingerprint density at radius 1 is 1.00 bits per heavy atom. The lowest BCUT2D eigenvalue weighted by Crippen LogP contribution is -2.47. The third-order valence-corrected chi connectivity index (χ3v) is 5.33. The number of piperazine rings is 1. The van der Waals surface area contributed by atoms with Gasteiger partial charge in [-0.3, -0.25) is 14.6 Å². The summed E-state index contributed by atoms with van der Waals surface area (Å²) in [5.74, 6) is 1.23. The summed E-state index contributed by atoms with van der Waals surface area (Å²) in [6.45, 7) is 7.80. The maximum Gasteiger partial charge on any atom is 0.266 e. The van der Waals surface area contributed by atoms with Crippen LogP contribution in [0.2, 0.25) is 0 Å². The molecule has 2 aliphatic rings. The highest BCUT2D eigenvalue weighted by Crippen LogP contribution is 2.18. The van der Waals surface area contributed by atoms with Crippen LogP contribution in [0, 0.1) is 0 Å². The molecule has 25 heavy (non-hydrogen) atoms. The largest absolute Gasteiger partial charge is 0.331 e. The molecule has 0 saturated carbocycles. The Hall–Kier alpha value is -1.99. The molecule has 0 radical (unpaired) electrons. The van der Waals surface area contributed by atoms with Gasteiger partial charge in [0.05, 0.1) is 13.1 Å². The molecule has 0 bridgehead atoms.